The summed E-state index contributed by atoms with van der Waals surface area (Å²) in [6.07, 6.45) is 5.15. The minimum absolute atomic E-state index is 0.222. The van der Waals surface area contributed by atoms with Crippen LogP contribution < -0.4 is 5.73 Å². The summed E-state index contributed by atoms with van der Waals surface area (Å²) in [7, 11) is 0. The van der Waals surface area contributed by atoms with Gasteiger partial charge in [0.25, 0.3) is 0 Å². The summed E-state index contributed by atoms with van der Waals surface area (Å²) < 4.78 is 0. The highest BCUT2D eigenvalue weighted by Gasteiger charge is 2.37. The number of benzene rings is 1. The van der Waals surface area contributed by atoms with E-state index in [1.54, 1.807) is 0 Å². The van der Waals surface area contributed by atoms with E-state index in [9.17, 15) is 0 Å². The predicted octanol–water partition coefficient (Wildman–Crippen LogP) is 4.03. The molecule has 2 N–H and O–H groups in total. The molecule has 1 aromatic rings. The van der Waals surface area contributed by atoms with E-state index in [4.69, 9.17) is 5.73 Å². The zero-order chi connectivity index (χ0) is 15.5. The lowest BCUT2D eigenvalue weighted by Crippen LogP contribution is -2.55. The second kappa shape index (κ2) is 6.93. The highest BCUT2D eigenvalue weighted by atomic mass is 15.2. The van der Waals surface area contributed by atoms with Gasteiger partial charge < -0.3 is 5.73 Å². The van der Waals surface area contributed by atoms with Crippen molar-refractivity contribution < 1.29 is 0 Å². The Labute approximate surface area is 130 Å². The van der Waals surface area contributed by atoms with Crippen molar-refractivity contribution in [3.05, 3.63) is 34.9 Å². The number of hydrogen-bond acceptors (Lipinski definition) is 2. The molecule has 0 heterocycles. The number of hydrogen-bond donors (Lipinski definition) is 1. The summed E-state index contributed by atoms with van der Waals surface area (Å²) in [5.41, 5.74) is 10.6. The number of likely N-dealkylation sites (N-methyl/N-ethyl adjacent to an activating group) is 1. The third-order valence-corrected chi connectivity index (χ3v) is 5.58. The number of nitrogens with zero attached hydrogens (tertiary/aromatic N) is 1. The van der Waals surface area contributed by atoms with E-state index < -0.39 is 0 Å². The van der Waals surface area contributed by atoms with Gasteiger partial charge in [0.15, 0.2) is 0 Å². The van der Waals surface area contributed by atoms with E-state index in [2.05, 4.69) is 50.8 Å². The zero-order valence-corrected chi connectivity index (χ0v) is 14.3. The molecule has 1 saturated carbocycles. The minimum atomic E-state index is 0.222. The maximum absolute atomic E-state index is 6.23. The van der Waals surface area contributed by atoms with Gasteiger partial charge in [-0.05, 0) is 68.7 Å². The Morgan fingerprint density at radius 3 is 2.38 bits per heavy atom. The van der Waals surface area contributed by atoms with Crippen LogP contribution in [0.5, 0.6) is 0 Å². The molecule has 0 radical (unpaired) electrons. The molecule has 0 aliphatic heterocycles. The predicted molar refractivity (Wildman–Crippen MR) is 91.4 cm³/mol. The van der Waals surface area contributed by atoms with Crippen molar-refractivity contribution in [1.29, 1.82) is 0 Å². The van der Waals surface area contributed by atoms with E-state index in [1.807, 2.05) is 0 Å². The van der Waals surface area contributed by atoms with Gasteiger partial charge in [0.05, 0.1) is 0 Å². The van der Waals surface area contributed by atoms with Crippen molar-refractivity contribution in [2.75, 3.05) is 13.1 Å². The maximum Gasteiger partial charge on any atom is 0.0335 e. The standard InChI is InChI=1S/C19H32N2/c1-5-21(13-18-7-6-16(3)17(4)12-18)19(14-20)10-8-15(2)9-11-19/h6-7,12,15H,5,8-11,13-14,20H2,1-4H3. The van der Waals surface area contributed by atoms with E-state index in [-0.39, 0.29) is 5.54 Å². The van der Waals surface area contributed by atoms with Gasteiger partial charge in [-0.3, -0.25) is 4.90 Å². The molecule has 118 valence electrons. The second-order valence-corrected chi connectivity index (χ2v) is 7.04. The van der Waals surface area contributed by atoms with Crippen molar-refractivity contribution >= 4 is 0 Å². The molecule has 0 aromatic heterocycles. The fourth-order valence-electron chi connectivity index (χ4n) is 3.69. The van der Waals surface area contributed by atoms with Gasteiger partial charge in [0.1, 0.15) is 0 Å². The Hall–Kier alpha value is -0.860. The average molecular weight is 288 g/mol. The summed E-state index contributed by atoms with van der Waals surface area (Å²) in [5, 5.41) is 0. The maximum atomic E-state index is 6.23. The summed E-state index contributed by atoms with van der Waals surface area (Å²) >= 11 is 0. The molecule has 21 heavy (non-hydrogen) atoms. The molecule has 0 unspecified atom stereocenters. The average Bonchev–Trinajstić information content (AvgIpc) is 2.50. The summed E-state index contributed by atoms with van der Waals surface area (Å²) in [5.74, 6) is 0.866. The number of aryl methyl sites for hydroxylation is 2. The van der Waals surface area contributed by atoms with Crippen LogP contribution in [0.25, 0.3) is 0 Å². The molecule has 0 atom stereocenters. The van der Waals surface area contributed by atoms with Gasteiger partial charge in [0, 0.05) is 18.6 Å². The first-order valence-corrected chi connectivity index (χ1v) is 8.52. The Bertz CT molecular complexity index is 459. The molecule has 0 bridgehead atoms. The highest BCUT2D eigenvalue weighted by molar-refractivity contribution is 5.30. The van der Waals surface area contributed by atoms with Crippen LogP contribution in [0.4, 0.5) is 0 Å². The Morgan fingerprint density at radius 1 is 1.19 bits per heavy atom. The smallest absolute Gasteiger partial charge is 0.0335 e. The second-order valence-electron chi connectivity index (χ2n) is 7.04. The van der Waals surface area contributed by atoms with Gasteiger partial charge in [-0.15, -0.1) is 0 Å². The van der Waals surface area contributed by atoms with Crippen molar-refractivity contribution in [3.63, 3.8) is 0 Å². The first kappa shape index (κ1) is 16.5. The molecule has 2 nitrogen and oxygen atoms in total. The highest BCUT2D eigenvalue weighted by Crippen LogP contribution is 2.36. The fourth-order valence-corrected chi connectivity index (χ4v) is 3.69. The van der Waals surface area contributed by atoms with Crippen LogP contribution in [-0.4, -0.2) is 23.5 Å². The molecule has 0 spiro atoms. The van der Waals surface area contributed by atoms with Gasteiger partial charge in [-0.2, -0.15) is 0 Å². The van der Waals surface area contributed by atoms with Gasteiger partial charge >= 0.3 is 0 Å². The number of rotatable bonds is 5. The summed E-state index contributed by atoms with van der Waals surface area (Å²) in [4.78, 5) is 2.63. The van der Waals surface area contributed by atoms with Crippen LogP contribution in [0.2, 0.25) is 0 Å². The van der Waals surface area contributed by atoms with E-state index in [0.29, 0.717) is 0 Å². The third-order valence-electron chi connectivity index (χ3n) is 5.58. The van der Waals surface area contributed by atoms with Crippen LogP contribution >= 0.6 is 0 Å². The SMILES string of the molecule is CCN(Cc1ccc(C)c(C)c1)C1(CN)CCC(C)CC1. The molecular weight excluding hydrogens is 256 g/mol. The van der Waals surface area contributed by atoms with Gasteiger partial charge in [0.2, 0.25) is 0 Å². The topological polar surface area (TPSA) is 29.3 Å². The molecule has 2 heteroatoms. The first-order valence-electron chi connectivity index (χ1n) is 8.52. The van der Waals surface area contributed by atoms with Crippen LogP contribution in [0, 0.1) is 19.8 Å². The quantitative estimate of drug-likeness (QED) is 0.886. The lowest BCUT2D eigenvalue weighted by molar-refractivity contribution is 0.0423. The van der Waals surface area contributed by atoms with Crippen molar-refractivity contribution in [1.82, 2.24) is 4.90 Å². The van der Waals surface area contributed by atoms with E-state index in [1.165, 1.54) is 42.4 Å². The van der Waals surface area contributed by atoms with Gasteiger partial charge in [-0.1, -0.05) is 32.0 Å². The molecule has 1 aliphatic rings. The molecule has 1 aromatic carbocycles. The van der Waals surface area contributed by atoms with Gasteiger partial charge in [-0.25, -0.2) is 0 Å². The molecule has 1 aliphatic carbocycles. The fraction of sp³-hybridized carbons (Fsp3) is 0.684. The van der Waals surface area contributed by atoms with Crippen LogP contribution in [-0.2, 0) is 6.54 Å². The molecule has 1 fully saturated rings. The largest absolute Gasteiger partial charge is 0.329 e. The summed E-state index contributed by atoms with van der Waals surface area (Å²) in [6, 6.07) is 6.87. The molecular formula is C19H32N2. The van der Waals surface area contributed by atoms with Crippen molar-refractivity contribution in [2.24, 2.45) is 11.7 Å². The lowest BCUT2D eigenvalue weighted by Gasteiger charge is -2.47. The monoisotopic (exact) mass is 288 g/mol. The van der Waals surface area contributed by atoms with Crippen molar-refractivity contribution in [2.45, 2.75) is 65.5 Å². The molecule has 0 amide bonds. The summed E-state index contributed by atoms with van der Waals surface area (Å²) in [6.45, 7) is 11.9. The normalized spacial score (nSPS) is 26.3. The number of nitrogens with two attached hydrogens (primary N) is 1. The Balaban J connectivity index is 2.15. The Kier molecular flexibility index (Phi) is 5.45. The third kappa shape index (κ3) is 3.67. The first-order chi connectivity index (χ1) is 10.0. The molecule has 0 saturated heterocycles. The van der Waals surface area contributed by atoms with Crippen LogP contribution in [0.1, 0.15) is 56.2 Å². The molecule has 2 rings (SSSR count). The lowest BCUT2D eigenvalue weighted by atomic mass is 9.75. The Morgan fingerprint density at radius 2 is 1.86 bits per heavy atom. The van der Waals surface area contributed by atoms with E-state index in [0.717, 1.165) is 25.6 Å². The van der Waals surface area contributed by atoms with Crippen molar-refractivity contribution in [3.8, 4) is 0 Å². The minimum Gasteiger partial charge on any atom is -0.329 e. The van der Waals surface area contributed by atoms with E-state index >= 15 is 0 Å². The van der Waals surface area contributed by atoms with Crippen LogP contribution in [0.3, 0.4) is 0 Å². The van der Waals surface area contributed by atoms with Crippen LogP contribution in [0.15, 0.2) is 18.2 Å². The zero-order valence-electron chi connectivity index (χ0n) is 14.3.